The normalized spacial score (nSPS) is 16.7. The van der Waals surface area contributed by atoms with Gasteiger partial charge in [-0.15, -0.1) is 0 Å². The molecule has 0 amide bonds. The number of hydrogen-bond donors (Lipinski definition) is 0. The van der Waals surface area contributed by atoms with E-state index >= 15 is 0 Å². The van der Waals surface area contributed by atoms with Crippen molar-refractivity contribution in [2.75, 3.05) is 0 Å². The molecule has 3 atom stereocenters. The molecular weight excluding hydrogens is 390 g/mol. The van der Waals surface area contributed by atoms with Crippen LogP contribution in [0, 0.1) is 0 Å². The predicted octanol–water partition coefficient (Wildman–Crippen LogP) is 1.89. The third kappa shape index (κ3) is 5.57. The molecule has 0 heterocycles. The van der Waals surface area contributed by atoms with Crippen molar-refractivity contribution in [1.29, 1.82) is 0 Å². The average molecular weight is 417 g/mol. The molecule has 0 nitrogen and oxygen atoms in total. The SMILES string of the molecule is CC[CH](C)[Sn+]([CH](C)CC)[CH](C)CC.[I-]. The maximum atomic E-state index is 2.51. The second-order valence-corrected chi connectivity index (χ2v) is 15.7. The fourth-order valence-corrected chi connectivity index (χ4v) is 14.5. The van der Waals surface area contributed by atoms with E-state index in [1.54, 1.807) is 0 Å². The van der Waals surface area contributed by atoms with Gasteiger partial charge < -0.3 is 24.0 Å². The van der Waals surface area contributed by atoms with Crippen LogP contribution < -0.4 is 24.0 Å². The molecule has 0 saturated carbocycles. The van der Waals surface area contributed by atoms with Crippen molar-refractivity contribution in [3.63, 3.8) is 0 Å². The largest absolute Gasteiger partial charge is 1.00 e. The molecule has 0 aromatic carbocycles. The molecule has 0 radical (unpaired) electrons. The standard InChI is InChI=1S/3C4H9.HI.Sn/c3*1-3-4-2;;/h3*3H,4H2,1-2H3;1H;/q;;;;+1/p-1. The van der Waals surface area contributed by atoms with E-state index in [1.807, 2.05) is 0 Å². The van der Waals surface area contributed by atoms with Crippen LogP contribution in [0.25, 0.3) is 0 Å². The van der Waals surface area contributed by atoms with Crippen molar-refractivity contribution in [2.24, 2.45) is 0 Å². The molecule has 0 bridgehead atoms. The van der Waals surface area contributed by atoms with E-state index in [2.05, 4.69) is 41.5 Å². The van der Waals surface area contributed by atoms with Crippen LogP contribution in [0.3, 0.4) is 0 Å². The van der Waals surface area contributed by atoms with Crippen LogP contribution in [0.15, 0.2) is 0 Å². The monoisotopic (exact) mass is 418 g/mol. The second-order valence-electron chi connectivity index (χ2n) is 4.43. The van der Waals surface area contributed by atoms with Gasteiger partial charge in [-0.3, -0.25) is 0 Å². The first kappa shape index (κ1) is 17.9. The van der Waals surface area contributed by atoms with Crippen molar-refractivity contribution < 1.29 is 24.0 Å². The minimum absolute atomic E-state index is 0. The van der Waals surface area contributed by atoms with Crippen molar-refractivity contribution in [2.45, 2.75) is 72.6 Å². The fourth-order valence-electron chi connectivity index (χ4n) is 2.16. The summed E-state index contributed by atoms with van der Waals surface area (Å²) in [4.78, 5) is 0. The van der Waals surface area contributed by atoms with Crippen LogP contribution in [-0.4, -0.2) is 19.8 Å². The van der Waals surface area contributed by atoms with E-state index in [9.17, 15) is 0 Å². The predicted molar refractivity (Wildman–Crippen MR) is 64.9 cm³/mol. The third-order valence-corrected chi connectivity index (χ3v) is 16.8. The van der Waals surface area contributed by atoms with Crippen molar-refractivity contribution in [3.05, 3.63) is 0 Å². The molecule has 0 saturated heterocycles. The summed E-state index contributed by atoms with van der Waals surface area (Å²) in [7, 11) is 0. The average Bonchev–Trinajstić information content (AvgIpc) is 2.16. The van der Waals surface area contributed by atoms with Gasteiger partial charge >= 0.3 is 92.4 Å². The summed E-state index contributed by atoms with van der Waals surface area (Å²) >= 11 is -1.12. The summed E-state index contributed by atoms with van der Waals surface area (Å²) in [5.74, 6) is 0. The van der Waals surface area contributed by atoms with Crippen molar-refractivity contribution >= 4 is 19.8 Å². The Morgan fingerprint density at radius 1 is 0.714 bits per heavy atom. The second kappa shape index (κ2) is 9.73. The quantitative estimate of drug-likeness (QED) is 0.458. The zero-order chi connectivity index (χ0) is 10.4. The van der Waals surface area contributed by atoms with Crippen molar-refractivity contribution in [1.82, 2.24) is 0 Å². The van der Waals surface area contributed by atoms with Crippen LogP contribution in [0.5, 0.6) is 0 Å². The topological polar surface area (TPSA) is 0 Å². The van der Waals surface area contributed by atoms with Crippen LogP contribution in [0.2, 0.25) is 11.8 Å². The Morgan fingerprint density at radius 3 is 1.07 bits per heavy atom. The summed E-state index contributed by atoms with van der Waals surface area (Å²) < 4.78 is 3.27. The van der Waals surface area contributed by atoms with Crippen LogP contribution >= 0.6 is 0 Å². The van der Waals surface area contributed by atoms with Crippen LogP contribution in [0.1, 0.15) is 60.8 Å². The van der Waals surface area contributed by atoms with E-state index in [-0.39, 0.29) is 24.0 Å². The van der Waals surface area contributed by atoms with Gasteiger partial charge in [0.2, 0.25) is 0 Å². The van der Waals surface area contributed by atoms with Gasteiger partial charge in [0.1, 0.15) is 0 Å². The molecule has 0 rings (SSSR count). The Kier molecular flexibility index (Phi) is 12.5. The molecule has 0 aromatic rings. The first-order valence-electron chi connectivity index (χ1n) is 5.94. The van der Waals surface area contributed by atoms with E-state index < -0.39 is 19.8 Å². The minimum atomic E-state index is -1.12. The smallest absolute Gasteiger partial charge is 1.00 e. The summed E-state index contributed by atoms with van der Waals surface area (Å²) in [6.07, 6.45) is 4.26. The molecule has 14 heavy (non-hydrogen) atoms. The Morgan fingerprint density at radius 2 is 0.929 bits per heavy atom. The Labute approximate surface area is 115 Å². The van der Waals surface area contributed by atoms with Gasteiger partial charge in [-0.05, 0) is 0 Å². The first-order chi connectivity index (χ1) is 6.08. The third-order valence-electron chi connectivity index (χ3n) is 3.54. The number of hydrogen-bond acceptors (Lipinski definition) is 0. The first-order valence-corrected chi connectivity index (χ1v) is 10.9. The molecule has 0 aliphatic rings. The maximum Gasteiger partial charge on any atom is -1.00 e. The maximum absolute atomic E-state index is 2.51. The Hall–Kier alpha value is 1.53. The van der Waals surface area contributed by atoms with Gasteiger partial charge in [-0.25, -0.2) is 0 Å². The molecule has 86 valence electrons. The van der Waals surface area contributed by atoms with Gasteiger partial charge in [-0.2, -0.15) is 0 Å². The zero-order valence-electron chi connectivity index (χ0n) is 10.7. The van der Waals surface area contributed by atoms with Crippen LogP contribution in [-0.2, 0) is 0 Å². The van der Waals surface area contributed by atoms with Gasteiger partial charge in [0.25, 0.3) is 0 Å². The van der Waals surface area contributed by atoms with Gasteiger partial charge in [-0.1, -0.05) is 0 Å². The van der Waals surface area contributed by atoms with Gasteiger partial charge in [0.15, 0.2) is 0 Å². The molecule has 0 aliphatic heterocycles. The number of rotatable bonds is 6. The molecular formula is C12H27ISn. The van der Waals surface area contributed by atoms with E-state index in [1.165, 1.54) is 19.3 Å². The Bertz CT molecular complexity index is 104. The summed E-state index contributed by atoms with van der Waals surface area (Å²) in [6.45, 7) is 14.6. The summed E-state index contributed by atoms with van der Waals surface area (Å²) in [5.41, 5.74) is 0. The minimum Gasteiger partial charge on any atom is -1.00 e. The van der Waals surface area contributed by atoms with Crippen LogP contribution in [0.4, 0.5) is 0 Å². The summed E-state index contributed by atoms with van der Waals surface area (Å²) in [6, 6.07) is 0. The molecule has 0 fully saturated rings. The van der Waals surface area contributed by atoms with E-state index in [0.29, 0.717) is 0 Å². The van der Waals surface area contributed by atoms with E-state index in [4.69, 9.17) is 0 Å². The molecule has 0 spiro atoms. The number of halogens is 1. The summed E-state index contributed by atoms with van der Waals surface area (Å²) in [5, 5.41) is 0. The van der Waals surface area contributed by atoms with Gasteiger partial charge in [0, 0.05) is 0 Å². The molecule has 0 aromatic heterocycles. The Balaban J connectivity index is 0. The molecule has 2 heteroatoms. The molecule has 0 N–H and O–H groups in total. The molecule has 0 aliphatic carbocycles. The van der Waals surface area contributed by atoms with Crippen molar-refractivity contribution in [3.8, 4) is 0 Å². The molecule has 3 unspecified atom stereocenters. The fraction of sp³-hybridized carbons (Fsp3) is 1.00. The van der Waals surface area contributed by atoms with Gasteiger partial charge in [0.05, 0.1) is 0 Å². The van der Waals surface area contributed by atoms with E-state index in [0.717, 1.165) is 11.8 Å². The zero-order valence-corrected chi connectivity index (χ0v) is 15.7.